The monoisotopic (exact) mass is 283 g/mol. The molecule has 1 fully saturated rings. The standard InChI is InChI=1S/C15H14BNO4/c1-17-9-14(18)20-16(21-15(19)10-17)13-8-4-6-11-5-2-3-7-12(11)13/h2-8H,9-10H2,1H3. The van der Waals surface area contributed by atoms with Gasteiger partial charge in [0.2, 0.25) is 0 Å². The Bertz CT molecular complexity index is 678. The summed E-state index contributed by atoms with van der Waals surface area (Å²) in [6.45, 7) is 0.132. The SMILES string of the molecule is CN1CC(=O)OB(c2cccc3ccccc23)OC(=O)C1. The third-order valence-electron chi connectivity index (χ3n) is 3.35. The Labute approximate surface area is 122 Å². The van der Waals surface area contributed by atoms with Gasteiger partial charge in [0.25, 0.3) is 0 Å². The first kappa shape index (κ1) is 13.6. The normalized spacial score (nSPS) is 17.1. The van der Waals surface area contributed by atoms with Crippen molar-refractivity contribution in [3.8, 4) is 0 Å². The van der Waals surface area contributed by atoms with E-state index in [0.717, 1.165) is 10.8 Å². The molecule has 0 saturated carbocycles. The first-order valence-corrected chi connectivity index (χ1v) is 6.68. The number of fused-ring (bicyclic) bond motifs is 1. The fourth-order valence-electron chi connectivity index (χ4n) is 2.42. The summed E-state index contributed by atoms with van der Waals surface area (Å²) >= 11 is 0. The fraction of sp³-hybridized carbons (Fsp3) is 0.200. The molecular formula is C15H14BNO4. The topological polar surface area (TPSA) is 55.8 Å². The van der Waals surface area contributed by atoms with Gasteiger partial charge >= 0.3 is 19.1 Å². The zero-order chi connectivity index (χ0) is 14.8. The van der Waals surface area contributed by atoms with Gasteiger partial charge in [-0.15, -0.1) is 0 Å². The summed E-state index contributed by atoms with van der Waals surface area (Å²) in [6, 6.07) is 13.3. The minimum atomic E-state index is -0.996. The predicted octanol–water partition coefficient (Wildman–Crippen LogP) is 0.567. The van der Waals surface area contributed by atoms with Gasteiger partial charge in [0.05, 0.1) is 13.1 Å². The second-order valence-corrected chi connectivity index (χ2v) is 5.05. The average Bonchev–Trinajstić information content (AvgIpc) is 2.44. The van der Waals surface area contributed by atoms with Crippen molar-refractivity contribution in [2.24, 2.45) is 0 Å². The van der Waals surface area contributed by atoms with Crippen LogP contribution in [0.3, 0.4) is 0 Å². The number of likely N-dealkylation sites (N-methyl/N-ethyl adjacent to an activating group) is 1. The van der Waals surface area contributed by atoms with Crippen molar-refractivity contribution in [2.75, 3.05) is 20.1 Å². The summed E-state index contributed by atoms with van der Waals surface area (Å²) in [5.74, 6) is -0.828. The van der Waals surface area contributed by atoms with E-state index >= 15 is 0 Å². The molecule has 1 heterocycles. The Kier molecular flexibility index (Phi) is 3.62. The number of hydrogen-bond donors (Lipinski definition) is 0. The summed E-state index contributed by atoms with van der Waals surface area (Å²) in [5.41, 5.74) is 0.680. The molecule has 0 atom stereocenters. The smallest absolute Gasteiger partial charge is 0.494 e. The summed E-state index contributed by atoms with van der Waals surface area (Å²) in [5, 5.41) is 1.90. The van der Waals surface area contributed by atoms with E-state index in [1.165, 1.54) is 0 Å². The van der Waals surface area contributed by atoms with E-state index < -0.39 is 19.1 Å². The van der Waals surface area contributed by atoms with Crippen LogP contribution in [0.5, 0.6) is 0 Å². The number of nitrogens with zero attached hydrogens (tertiary/aromatic N) is 1. The van der Waals surface area contributed by atoms with Crippen LogP contribution in [0.2, 0.25) is 0 Å². The molecule has 3 rings (SSSR count). The molecule has 1 saturated heterocycles. The van der Waals surface area contributed by atoms with Crippen molar-refractivity contribution >= 4 is 35.3 Å². The molecule has 0 spiro atoms. The van der Waals surface area contributed by atoms with Crippen molar-refractivity contribution < 1.29 is 18.9 Å². The highest BCUT2D eigenvalue weighted by atomic mass is 16.6. The molecule has 21 heavy (non-hydrogen) atoms. The van der Waals surface area contributed by atoms with Gasteiger partial charge in [-0.1, -0.05) is 42.5 Å². The number of hydrogen-bond acceptors (Lipinski definition) is 5. The lowest BCUT2D eigenvalue weighted by Gasteiger charge is -2.23. The van der Waals surface area contributed by atoms with Gasteiger partial charge < -0.3 is 9.31 Å². The van der Waals surface area contributed by atoms with Gasteiger partial charge in [0.1, 0.15) is 0 Å². The van der Waals surface area contributed by atoms with Gasteiger partial charge in [0.15, 0.2) is 0 Å². The highest BCUT2D eigenvalue weighted by Gasteiger charge is 2.34. The molecule has 0 aliphatic carbocycles. The van der Waals surface area contributed by atoms with E-state index in [0.29, 0.717) is 5.46 Å². The van der Waals surface area contributed by atoms with E-state index in [4.69, 9.17) is 9.31 Å². The van der Waals surface area contributed by atoms with Gasteiger partial charge in [-0.2, -0.15) is 0 Å². The minimum Gasteiger partial charge on any atom is -0.494 e. The highest BCUT2D eigenvalue weighted by molar-refractivity contribution is 6.67. The molecule has 1 aliphatic heterocycles. The summed E-state index contributed by atoms with van der Waals surface area (Å²) in [4.78, 5) is 25.2. The summed E-state index contributed by atoms with van der Waals surface area (Å²) < 4.78 is 10.6. The second-order valence-electron chi connectivity index (χ2n) is 5.05. The largest absolute Gasteiger partial charge is 0.637 e. The van der Waals surface area contributed by atoms with E-state index in [1.807, 2.05) is 36.4 Å². The van der Waals surface area contributed by atoms with Crippen molar-refractivity contribution in [3.63, 3.8) is 0 Å². The molecule has 0 aromatic heterocycles. The van der Waals surface area contributed by atoms with Crippen LogP contribution in [-0.2, 0) is 18.9 Å². The van der Waals surface area contributed by atoms with Crippen molar-refractivity contribution in [3.05, 3.63) is 42.5 Å². The molecule has 0 amide bonds. The lowest BCUT2D eigenvalue weighted by molar-refractivity contribution is -0.145. The predicted molar refractivity (Wildman–Crippen MR) is 79.0 cm³/mol. The zero-order valence-electron chi connectivity index (χ0n) is 11.6. The molecule has 6 heteroatoms. The Morgan fingerprint density at radius 1 is 0.952 bits per heavy atom. The van der Waals surface area contributed by atoms with Crippen LogP contribution in [0.1, 0.15) is 0 Å². The van der Waals surface area contributed by atoms with Crippen LogP contribution in [0.15, 0.2) is 42.5 Å². The van der Waals surface area contributed by atoms with Gasteiger partial charge in [-0.25, -0.2) is 0 Å². The van der Waals surface area contributed by atoms with E-state index in [9.17, 15) is 9.59 Å². The first-order chi connectivity index (χ1) is 10.1. The van der Waals surface area contributed by atoms with Crippen LogP contribution in [0, 0.1) is 0 Å². The van der Waals surface area contributed by atoms with Gasteiger partial charge in [-0.05, 0) is 17.8 Å². The second kappa shape index (κ2) is 5.57. The Balaban J connectivity index is 2.00. The molecule has 0 bridgehead atoms. The summed E-state index contributed by atoms with van der Waals surface area (Å²) in [6.07, 6.45) is 0. The maximum atomic E-state index is 11.8. The van der Waals surface area contributed by atoms with Crippen LogP contribution in [-0.4, -0.2) is 44.1 Å². The molecule has 2 aromatic rings. The molecule has 0 N–H and O–H groups in total. The zero-order valence-corrected chi connectivity index (χ0v) is 11.6. The van der Waals surface area contributed by atoms with Crippen molar-refractivity contribution in [1.82, 2.24) is 4.90 Å². The molecule has 1 aliphatic rings. The molecule has 5 nitrogen and oxygen atoms in total. The summed E-state index contributed by atoms with van der Waals surface area (Å²) in [7, 11) is 0.672. The average molecular weight is 283 g/mol. The lowest BCUT2D eigenvalue weighted by Crippen LogP contribution is -2.48. The van der Waals surface area contributed by atoms with Gasteiger partial charge in [0, 0.05) is 5.46 Å². The first-order valence-electron chi connectivity index (χ1n) is 6.68. The number of rotatable bonds is 1. The molecular weight excluding hydrogens is 269 g/mol. The van der Waals surface area contributed by atoms with E-state index in [2.05, 4.69) is 0 Å². The van der Waals surface area contributed by atoms with Crippen LogP contribution < -0.4 is 5.46 Å². The Morgan fingerprint density at radius 2 is 1.57 bits per heavy atom. The maximum absolute atomic E-state index is 11.8. The molecule has 0 radical (unpaired) electrons. The van der Waals surface area contributed by atoms with E-state index in [-0.39, 0.29) is 13.1 Å². The molecule has 2 aromatic carbocycles. The fourth-order valence-corrected chi connectivity index (χ4v) is 2.42. The molecule has 106 valence electrons. The minimum absolute atomic E-state index is 0.0658. The van der Waals surface area contributed by atoms with Crippen LogP contribution >= 0.6 is 0 Å². The van der Waals surface area contributed by atoms with E-state index in [1.54, 1.807) is 18.0 Å². The quantitative estimate of drug-likeness (QED) is 0.716. The van der Waals surface area contributed by atoms with Crippen molar-refractivity contribution in [2.45, 2.75) is 0 Å². The number of benzene rings is 2. The maximum Gasteiger partial charge on any atom is 0.637 e. The molecule has 0 unspecified atom stereocenters. The van der Waals surface area contributed by atoms with Gasteiger partial charge in [-0.3, -0.25) is 14.5 Å². The van der Waals surface area contributed by atoms with Crippen LogP contribution in [0.25, 0.3) is 10.8 Å². The lowest BCUT2D eigenvalue weighted by atomic mass is 9.75. The Hall–Kier alpha value is -2.34. The third-order valence-corrected chi connectivity index (χ3v) is 3.35. The Morgan fingerprint density at radius 3 is 2.29 bits per heavy atom. The van der Waals surface area contributed by atoms with Crippen molar-refractivity contribution in [1.29, 1.82) is 0 Å². The van der Waals surface area contributed by atoms with Crippen LogP contribution in [0.4, 0.5) is 0 Å². The third kappa shape index (κ3) is 2.90. The highest BCUT2D eigenvalue weighted by Crippen LogP contribution is 2.13. The number of carbonyl (C=O) groups is 2. The number of carbonyl (C=O) groups excluding carboxylic acids is 2.